The summed E-state index contributed by atoms with van der Waals surface area (Å²) in [6, 6.07) is 5.77. The second kappa shape index (κ2) is 8.49. The minimum atomic E-state index is 0. The van der Waals surface area contributed by atoms with Gasteiger partial charge >= 0.3 is 0 Å². The fourth-order valence-corrected chi connectivity index (χ4v) is 2.64. The standard InChI is InChI=1S/C15H22N6.2ClH/c1-19(2)9-10-20-8-6-13-12(11-20)15(16)21(18-13)14-5-3-4-7-17-14;;/h3-5,7H,6,8-11,16H2,1-2H3;2*1H. The third-order valence-electron chi connectivity index (χ3n) is 3.88. The van der Waals surface area contributed by atoms with Crippen LogP contribution in [0.15, 0.2) is 24.4 Å². The third-order valence-corrected chi connectivity index (χ3v) is 3.88. The lowest BCUT2D eigenvalue weighted by molar-refractivity contribution is 0.225. The van der Waals surface area contributed by atoms with Gasteiger partial charge in [0, 0.05) is 44.4 Å². The second-order valence-electron chi connectivity index (χ2n) is 5.74. The maximum atomic E-state index is 6.30. The number of pyridine rings is 1. The van der Waals surface area contributed by atoms with Crippen molar-refractivity contribution >= 4 is 30.6 Å². The molecule has 0 radical (unpaired) electrons. The summed E-state index contributed by atoms with van der Waals surface area (Å²) >= 11 is 0. The van der Waals surface area contributed by atoms with E-state index in [9.17, 15) is 0 Å². The van der Waals surface area contributed by atoms with Crippen LogP contribution in [0.2, 0.25) is 0 Å². The lowest BCUT2D eigenvalue weighted by Crippen LogP contribution is -2.35. The number of rotatable bonds is 4. The van der Waals surface area contributed by atoms with E-state index in [0.717, 1.165) is 55.5 Å². The van der Waals surface area contributed by atoms with Gasteiger partial charge in [-0.1, -0.05) is 6.07 Å². The Morgan fingerprint density at radius 1 is 1.26 bits per heavy atom. The lowest BCUT2D eigenvalue weighted by atomic mass is 10.1. The molecule has 0 aromatic carbocycles. The molecule has 23 heavy (non-hydrogen) atoms. The van der Waals surface area contributed by atoms with Gasteiger partial charge in [-0.05, 0) is 26.2 Å². The number of likely N-dealkylation sites (N-methyl/N-ethyl adjacent to an activating group) is 1. The molecule has 1 aliphatic heterocycles. The van der Waals surface area contributed by atoms with E-state index in [1.807, 2.05) is 18.2 Å². The number of anilines is 1. The topological polar surface area (TPSA) is 63.2 Å². The molecule has 2 aromatic heterocycles. The van der Waals surface area contributed by atoms with Crippen molar-refractivity contribution in [2.45, 2.75) is 13.0 Å². The molecule has 8 heteroatoms. The molecule has 1 aliphatic rings. The Hall–Kier alpha value is -1.34. The van der Waals surface area contributed by atoms with Crippen LogP contribution in [0.3, 0.4) is 0 Å². The van der Waals surface area contributed by atoms with Crippen LogP contribution in [0.5, 0.6) is 0 Å². The SMILES string of the molecule is CN(C)CCN1CCc2nn(-c3ccccn3)c(N)c2C1.Cl.Cl. The zero-order valence-electron chi connectivity index (χ0n) is 13.5. The highest BCUT2D eigenvalue weighted by Crippen LogP contribution is 2.25. The molecule has 0 atom stereocenters. The summed E-state index contributed by atoms with van der Waals surface area (Å²) in [5.41, 5.74) is 8.57. The highest BCUT2D eigenvalue weighted by molar-refractivity contribution is 5.85. The highest BCUT2D eigenvalue weighted by atomic mass is 35.5. The molecular weight excluding hydrogens is 335 g/mol. The minimum Gasteiger partial charge on any atom is -0.383 e. The summed E-state index contributed by atoms with van der Waals surface area (Å²) in [5.74, 6) is 1.50. The minimum absolute atomic E-state index is 0. The van der Waals surface area contributed by atoms with Gasteiger partial charge in [-0.3, -0.25) is 4.90 Å². The van der Waals surface area contributed by atoms with Crippen LogP contribution >= 0.6 is 24.8 Å². The summed E-state index contributed by atoms with van der Waals surface area (Å²) in [6.07, 6.45) is 2.71. The quantitative estimate of drug-likeness (QED) is 0.899. The third kappa shape index (κ3) is 4.35. The Kier molecular flexibility index (Phi) is 7.28. The summed E-state index contributed by atoms with van der Waals surface area (Å²) in [6.45, 7) is 4.03. The fraction of sp³-hybridized carbons (Fsp3) is 0.467. The van der Waals surface area contributed by atoms with Gasteiger partial charge in [-0.15, -0.1) is 24.8 Å². The zero-order valence-corrected chi connectivity index (χ0v) is 15.1. The number of nitrogens with zero attached hydrogens (tertiary/aromatic N) is 5. The molecule has 3 rings (SSSR count). The van der Waals surface area contributed by atoms with E-state index in [1.54, 1.807) is 10.9 Å². The first kappa shape index (κ1) is 19.7. The molecule has 0 amide bonds. The molecule has 2 aromatic rings. The molecule has 0 spiro atoms. The van der Waals surface area contributed by atoms with Crippen molar-refractivity contribution in [2.24, 2.45) is 0 Å². The number of halogens is 2. The first-order chi connectivity index (χ1) is 10.1. The van der Waals surface area contributed by atoms with Gasteiger partial charge in [-0.2, -0.15) is 9.78 Å². The molecule has 2 N–H and O–H groups in total. The summed E-state index contributed by atoms with van der Waals surface area (Å²) in [7, 11) is 4.20. The first-order valence-electron chi connectivity index (χ1n) is 7.30. The maximum absolute atomic E-state index is 6.30. The lowest BCUT2D eigenvalue weighted by Gasteiger charge is -2.27. The van der Waals surface area contributed by atoms with E-state index in [1.165, 1.54) is 0 Å². The van der Waals surface area contributed by atoms with E-state index < -0.39 is 0 Å². The molecule has 0 bridgehead atoms. The molecule has 0 unspecified atom stereocenters. The number of fused-ring (bicyclic) bond motifs is 1. The van der Waals surface area contributed by atoms with Crippen LogP contribution < -0.4 is 5.73 Å². The Labute approximate surface area is 149 Å². The van der Waals surface area contributed by atoms with Crippen molar-refractivity contribution in [2.75, 3.05) is 39.5 Å². The predicted octanol–water partition coefficient (Wildman–Crippen LogP) is 1.61. The van der Waals surface area contributed by atoms with Gasteiger partial charge in [0.15, 0.2) is 5.82 Å². The highest BCUT2D eigenvalue weighted by Gasteiger charge is 2.24. The summed E-state index contributed by atoms with van der Waals surface area (Å²) in [4.78, 5) is 8.97. The van der Waals surface area contributed by atoms with Crippen molar-refractivity contribution < 1.29 is 0 Å². The van der Waals surface area contributed by atoms with E-state index in [4.69, 9.17) is 5.73 Å². The monoisotopic (exact) mass is 358 g/mol. The van der Waals surface area contributed by atoms with Crippen molar-refractivity contribution in [3.8, 4) is 5.82 Å². The zero-order chi connectivity index (χ0) is 14.8. The second-order valence-corrected chi connectivity index (χ2v) is 5.74. The Morgan fingerprint density at radius 3 is 2.70 bits per heavy atom. The number of nitrogens with two attached hydrogens (primary N) is 1. The molecule has 0 fully saturated rings. The van der Waals surface area contributed by atoms with Crippen LogP contribution in [0, 0.1) is 0 Å². The summed E-state index contributed by atoms with van der Waals surface area (Å²) < 4.78 is 1.76. The van der Waals surface area contributed by atoms with Crippen LogP contribution in [-0.4, -0.2) is 58.3 Å². The molecule has 0 saturated carbocycles. The van der Waals surface area contributed by atoms with Gasteiger partial charge in [0.25, 0.3) is 0 Å². The number of hydrogen-bond acceptors (Lipinski definition) is 5. The van der Waals surface area contributed by atoms with Crippen LogP contribution in [0.4, 0.5) is 5.82 Å². The first-order valence-corrected chi connectivity index (χ1v) is 7.30. The Morgan fingerprint density at radius 2 is 2.04 bits per heavy atom. The molecule has 0 aliphatic carbocycles. The average Bonchev–Trinajstić information content (AvgIpc) is 2.83. The smallest absolute Gasteiger partial charge is 0.155 e. The van der Waals surface area contributed by atoms with E-state index in [2.05, 4.69) is 34.0 Å². The number of nitrogen functional groups attached to an aromatic ring is 1. The van der Waals surface area contributed by atoms with Crippen molar-refractivity contribution in [3.05, 3.63) is 35.7 Å². The Bertz CT molecular complexity index is 614. The average molecular weight is 359 g/mol. The van der Waals surface area contributed by atoms with Gasteiger partial charge in [0.05, 0.1) is 5.69 Å². The van der Waals surface area contributed by atoms with Crippen LogP contribution in [-0.2, 0) is 13.0 Å². The molecule has 128 valence electrons. The normalized spacial score (nSPS) is 14.0. The van der Waals surface area contributed by atoms with E-state index in [0.29, 0.717) is 0 Å². The fourth-order valence-electron chi connectivity index (χ4n) is 2.64. The largest absolute Gasteiger partial charge is 0.383 e. The van der Waals surface area contributed by atoms with E-state index in [-0.39, 0.29) is 24.8 Å². The number of aromatic nitrogens is 3. The predicted molar refractivity (Wildman–Crippen MR) is 97.8 cm³/mol. The van der Waals surface area contributed by atoms with Crippen molar-refractivity contribution in [1.82, 2.24) is 24.6 Å². The van der Waals surface area contributed by atoms with Crippen LogP contribution in [0.25, 0.3) is 5.82 Å². The van der Waals surface area contributed by atoms with Gasteiger partial charge < -0.3 is 10.6 Å². The maximum Gasteiger partial charge on any atom is 0.155 e. The van der Waals surface area contributed by atoms with Gasteiger partial charge in [0.1, 0.15) is 5.82 Å². The molecule has 6 nitrogen and oxygen atoms in total. The van der Waals surface area contributed by atoms with Gasteiger partial charge in [-0.25, -0.2) is 4.98 Å². The molecule has 0 saturated heterocycles. The molecule has 3 heterocycles. The molecular formula is C15H24Cl2N6. The van der Waals surface area contributed by atoms with Crippen molar-refractivity contribution in [1.29, 1.82) is 0 Å². The van der Waals surface area contributed by atoms with E-state index >= 15 is 0 Å². The van der Waals surface area contributed by atoms with Crippen molar-refractivity contribution in [3.63, 3.8) is 0 Å². The Balaban J connectivity index is 0.00000132. The van der Waals surface area contributed by atoms with Gasteiger partial charge in [0.2, 0.25) is 0 Å². The van der Waals surface area contributed by atoms with Crippen LogP contribution in [0.1, 0.15) is 11.3 Å². The summed E-state index contributed by atoms with van der Waals surface area (Å²) in [5, 5.41) is 4.64. The number of hydrogen-bond donors (Lipinski definition) is 1.